The van der Waals surface area contributed by atoms with Crippen LogP contribution in [-0.4, -0.2) is 45.7 Å². The Hall–Kier alpha value is -2.15. The van der Waals surface area contributed by atoms with Crippen molar-refractivity contribution >= 4 is 17.7 Å². The van der Waals surface area contributed by atoms with E-state index in [1.54, 1.807) is 24.4 Å². The molecule has 1 aliphatic heterocycles. The molecule has 2 aromatic rings. The van der Waals surface area contributed by atoms with Crippen molar-refractivity contribution in [1.29, 1.82) is 0 Å². The van der Waals surface area contributed by atoms with Gasteiger partial charge in [0.05, 0.1) is 12.3 Å². The maximum absolute atomic E-state index is 12.9. The van der Waals surface area contributed by atoms with Gasteiger partial charge >= 0.3 is 0 Å². The SMILES string of the molecule is O=C(CSc1ccc(F)cc1)N1CCCC(Oc2ccncn2)C1. The van der Waals surface area contributed by atoms with E-state index in [1.165, 1.54) is 30.2 Å². The van der Waals surface area contributed by atoms with Crippen LogP contribution in [0, 0.1) is 5.82 Å². The molecule has 0 bridgehead atoms. The van der Waals surface area contributed by atoms with Gasteiger partial charge in [0.15, 0.2) is 0 Å². The van der Waals surface area contributed by atoms with Crippen LogP contribution in [-0.2, 0) is 4.79 Å². The van der Waals surface area contributed by atoms with Gasteiger partial charge in [0.25, 0.3) is 0 Å². The molecule has 1 fully saturated rings. The van der Waals surface area contributed by atoms with E-state index in [2.05, 4.69) is 9.97 Å². The molecular formula is C17H18FN3O2S. The molecule has 0 N–H and O–H groups in total. The molecule has 0 aliphatic carbocycles. The van der Waals surface area contributed by atoms with Crippen LogP contribution in [0.4, 0.5) is 4.39 Å². The molecule has 1 aliphatic rings. The molecule has 1 unspecified atom stereocenters. The summed E-state index contributed by atoms with van der Waals surface area (Å²) in [6.07, 6.45) is 4.84. The molecule has 0 radical (unpaired) electrons. The van der Waals surface area contributed by atoms with Crippen LogP contribution in [0.3, 0.4) is 0 Å². The van der Waals surface area contributed by atoms with Crippen LogP contribution in [0.5, 0.6) is 5.88 Å². The lowest BCUT2D eigenvalue weighted by atomic mass is 10.1. The number of aromatic nitrogens is 2. The molecule has 126 valence electrons. The minimum absolute atomic E-state index is 0.0478. The number of amides is 1. The predicted octanol–water partition coefficient (Wildman–Crippen LogP) is 2.78. The second kappa shape index (κ2) is 8.10. The lowest BCUT2D eigenvalue weighted by molar-refractivity contribution is -0.130. The number of piperidine rings is 1. The second-order valence-corrected chi connectivity index (χ2v) is 6.56. The Labute approximate surface area is 144 Å². The first-order valence-corrected chi connectivity index (χ1v) is 8.78. The average Bonchev–Trinajstić information content (AvgIpc) is 2.62. The standard InChI is InChI=1S/C17H18FN3O2S/c18-13-3-5-15(6-4-13)24-11-17(22)21-9-1-2-14(10-21)23-16-7-8-19-12-20-16/h3-8,12,14H,1-2,9-11H2. The molecule has 24 heavy (non-hydrogen) atoms. The van der Waals surface area contributed by atoms with Crippen molar-refractivity contribution in [1.82, 2.24) is 14.9 Å². The number of carbonyl (C=O) groups excluding carboxylic acids is 1. The number of likely N-dealkylation sites (tertiary alicyclic amines) is 1. The number of thioether (sulfide) groups is 1. The summed E-state index contributed by atoms with van der Waals surface area (Å²) in [5.74, 6) is 0.669. The first-order chi connectivity index (χ1) is 11.7. The van der Waals surface area contributed by atoms with Crippen LogP contribution in [0.15, 0.2) is 47.8 Å². The highest BCUT2D eigenvalue weighted by Gasteiger charge is 2.25. The normalized spacial score (nSPS) is 17.5. The van der Waals surface area contributed by atoms with E-state index in [1.807, 2.05) is 4.90 Å². The number of nitrogens with zero attached hydrogens (tertiary/aromatic N) is 3. The molecule has 5 nitrogen and oxygen atoms in total. The van der Waals surface area contributed by atoms with Crippen molar-refractivity contribution in [3.05, 3.63) is 48.7 Å². The maximum Gasteiger partial charge on any atom is 0.233 e. The van der Waals surface area contributed by atoms with Crippen LogP contribution < -0.4 is 4.74 Å². The quantitative estimate of drug-likeness (QED) is 0.779. The Morgan fingerprint density at radius 1 is 1.33 bits per heavy atom. The van der Waals surface area contributed by atoms with Crippen molar-refractivity contribution in [3.8, 4) is 5.88 Å². The fourth-order valence-electron chi connectivity index (χ4n) is 2.55. The van der Waals surface area contributed by atoms with Crippen LogP contribution in [0.25, 0.3) is 0 Å². The first-order valence-electron chi connectivity index (χ1n) is 7.79. The Morgan fingerprint density at radius 3 is 2.92 bits per heavy atom. The van der Waals surface area contributed by atoms with Crippen LogP contribution >= 0.6 is 11.8 Å². The van der Waals surface area contributed by atoms with Gasteiger partial charge in [-0.3, -0.25) is 4.79 Å². The van der Waals surface area contributed by atoms with Gasteiger partial charge in [-0.25, -0.2) is 14.4 Å². The maximum atomic E-state index is 12.9. The zero-order chi connectivity index (χ0) is 16.8. The third kappa shape index (κ3) is 4.67. The summed E-state index contributed by atoms with van der Waals surface area (Å²) >= 11 is 1.42. The fraction of sp³-hybridized carbons (Fsp3) is 0.353. The Kier molecular flexibility index (Phi) is 5.63. The lowest BCUT2D eigenvalue weighted by Gasteiger charge is -2.32. The monoisotopic (exact) mass is 347 g/mol. The van der Waals surface area contributed by atoms with Crippen molar-refractivity contribution < 1.29 is 13.9 Å². The van der Waals surface area contributed by atoms with Gasteiger partial charge in [0.1, 0.15) is 18.2 Å². The lowest BCUT2D eigenvalue weighted by Crippen LogP contribution is -2.45. The summed E-state index contributed by atoms with van der Waals surface area (Å²) in [5, 5.41) is 0. The van der Waals surface area contributed by atoms with Gasteiger partial charge in [-0.15, -0.1) is 11.8 Å². The number of ether oxygens (including phenoxy) is 1. The van der Waals surface area contributed by atoms with E-state index in [-0.39, 0.29) is 17.8 Å². The van der Waals surface area contributed by atoms with Gasteiger partial charge in [-0.1, -0.05) is 0 Å². The summed E-state index contributed by atoms with van der Waals surface area (Å²) in [4.78, 5) is 23.0. The predicted molar refractivity (Wildman–Crippen MR) is 89.4 cm³/mol. The van der Waals surface area contributed by atoms with Crippen molar-refractivity contribution in [2.24, 2.45) is 0 Å². The van der Waals surface area contributed by atoms with E-state index < -0.39 is 0 Å². The second-order valence-electron chi connectivity index (χ2n) is 5.51. The number of rotatable bonds is 5. The molecule has 1 amide bonds. The third-order valence-corrected chi connectivity index (χ3v) is 4.75. The number of carbonyl (C=O) groups is 1. The van der Waals surface area contributed by atoms with Gasteiger partial charge in [-0.2, -0.15) is 0 Å². The fourth-order valence-corrected chi connectivity index (χ4v) is 3.35. The molecular weight excluding hydrogens is 329 g/mol. The molecule has 1 aromatic heterocycles. The van der Waals surface area contributed by atoms with E-state index in [4.69, 9.17) is 4.74 Å². The Bertz CT molecular complexity index is 669. The van der Waals surface area contributed by atoms with E-state index in [0.717, 1.165) is 24.3 Å². The zero-order valence-corrected chi connectivity index (χ0v) is 13.9. The summed E-state index contributed by atoms with van der Waals surface area (Å²) in [5.41, 5.74) is 0. The number of benzene rings is 1. The molecule has 0 spiro atoms. The van der Waals surface area contributed by atoms with Gasteiger partial charge in [0.2, 0.25) is 11.8 Å². The Balaban J connectivity index is 1.50. The summed E-state index contributed by atoms with van der Waals surface area (Å²) < 4.78 is 18.7. The van der Waals surface area contributed by atoms with Crippen LogP contribution in [0.1, 0.15) is 12.8 Å². The van der Waals surface area contributed by atoms with Gasteiger partial charge in [-0.05, 0) is 37.1 Å². The van der Waals surface area contributed by atoms with E-state index in [0.29, 0.717) is 18.2 Å². The van der Waals surface area contributed by atoms with Gasteiger partial charge in [0, 0.05) is 23.7 Å². The molecule has 1 atom stereocenters. The topological polar surface area (TPSA) is 55.3 Å². The van der Waals surface area contributed by atoms with Crippen LogP contribution in [0.2, 0.25) is 0 Å². The van der Waals surface area contributed by atoms with Crippen molar-refractivity contribution in [3.63, 3.8) is 0 Å². The van der Waals surface area contributed by atoms with Crippen molar-refractivity contribution in [2.75, 3.05) is 18.8 Å². The van der Waals surface area contributed by atoms with E-state index >= 15 is 0 Å². The summed E-state index contributed by atoms with van der Waals surface area (Å²) in [6, 6.07) is 7.89. The highest BCUT2D eigenvalue weighted by Crippen LogP contribution is 2.21. The first kappa shape index (κ1) is 16.7. The third-order valence-electron chi connectivity index (χ3n) is 3.75. The minimum atomic E-state index is -0.272. The molecule has 3 rings (SSSR count). The summed E-state index contributed by atoms with van der Waals surface area (Å²) in [6.45, 7) is 1.30. The highest BCUT2D eigenvalue weighted by molar-refractivity contribution is 8.00. The minimum Gasteiger partial charge on any atom is -0.472 e. The zero-order valence-electron chi connectivity index (χ0n) is 13.1. The van der Waals surface area contributed by atoms with E-state index in [9.17, 15) is 9.18 Å². The molecule has 2 heterocycles. The highest BCUT2D eigenvalue weighted by atomic mass is 32.2. The number of hydrogen-bond donors (Lipinski definition) is 0. The Morgan fingerprint density at radius 2 is 2.17 bits per heavy atom. The number of halogens is 1. The van der Waals surface area contributed by atoms with Gasteiger partial charge < -0.3 is 9.64 Å². The largest absolute Gasteiger partial charge is 0.472 e. The number of hydrogen-bond acceptors (Lipinski definition) is 5. The van der Waals surface area contributed by atoms with Crippen molar-refractivity contribution in [2.45, 2.75) is 23.8 Å². The molecule has 0 saturated carbocycles. The molecule has 7 heteroatoms. The average molecular weight is 347 g/mol. The smallest absolute Gasteiger partial charge is 0.233 e. The summed E-state index contributed by atoms with van der Waals surface area (Å²) in [7, 11) is 0. The molecule has 1 aromatic carbocycles. The molecule has 1 saturated heterocycles.